The predicted octanol–water partition coefficient (Wildman–Crippen LogP) is 5.63. The molecule has 0 spiro atoms. The average Bonchev–Trinajstić information content (AvgIpc) is 3.21. The first-order valence-corrected chi connectivity index (χ1v) is 13.7. The number of aliphatic hydroxyl groups is 2. The number of carboxylic acids is 1. The molecule has 1 aromatic carbocycles. The number of carboxylic acid groups (broad SMARTS) is 1. The van der Waals surface area contributed by atoms with E-state index in [-0.39, 0.29) is 25.6 Å². The van der Waals surface area contributed by atoms with Crippen LogP contribution in [0.4, 0.5) is 0 Å². The number of carbonyl (C=O) groups excluding carboxylic acids is 1. The second-order valence-corrected chi connectivity index (χ2v) is 10.1. The first-order valence-electron chi connectivity index (χ1n) is 13.7. The summed E-state index contributed by atoms with van der Waals surface area (Å²) in [5.74, 6) is -0.0793. The molecule has 0 saturated heterocycles. The van der Waals surface area contributed by atoms with E-state index >= 15 is 0 Å². The molecule has 1 saturated carbocycles. The molecule has 0 amide bonds. The lowest BCUT2D eigenvalue weighted by molar-refractivity contribution is -0.182. The zero-order valence-electron chi connectivity index (χ0n) is 21.5. The lowest BCUT2D eigenvalue weighted by Crippen LogP contribution is -2.48. The Bertz CT molecular complexity index is 736. The first-order chi connectivity index (χ1) is 17.0. The highest BCUT2D eigenvalue weighted by Crippen LogP contribution is 2.38. The Hall–Kier alpha value is -1.76. The Kier molecular flexibility index (Phi) is 13.5. The monoisotopic (exact) mass is 490 g/mol. The van der Waals surface area contributed by atoms with Crippen molar-refractivity contribution in [1.82, 2.24) is 0 Å². The quantitative estimate of drug-likeness (QED) is 0.171. The van der Waals surface area contributed by atoms with Crippen LogP contribution in [0.5, 0.6) is 0 Å². The highest BCUT2D eigenvalue weighted by atomic mass is 16.6. The van der Waals surface area contributed by atoms with E-state index in [0.717, 1.165) is 32.1 Å². The largest absolute Gasteiger partial charge is 0.480 e. The van der Waals surface area contributed by atoms with Crippen molar-refractivity contribution in [3.63, 3.8) is 0 Å². The fourth-order valence-corrected chi connectivity index (χ4v) is 5.64. The number of aliphatic hydroxyl groups excluding tert-OH is 2. The summed E-state index contributed by atoms with van der Waals surface area (Å²) < 4.78 is 5.29. The topological polar surface area (TPSA) is 104 Å². The minimum atomic E-state index is -1.60. The van der Waals surface area contributed by atoms with Gasteiger partial charge in [0.1, 0.15) is 11.2 Å². The van der Waals surface area contributed by atoms with Gasteiger partial charge in [0.15, 0.2) is 6.29 Å². The number of Topliss-reactive ketones (excluding diaryl/α,β-unsaturated/α-hetero) is 1. The van der Waals surface area contributed by atoms with Crippen molar-refractivity contribution in [2.75, 3.05) is 13.2 Å². The highest BCUT2D eigenvalue weighted by molar-refractivity contribution is 5.83. The molecule has 2 unspecified atom stereocenters. The molecule has 6 nitrogen and oxygen atoms in total. The summed E-state index contributed by atoms with van der Waals surface area (Å²) in [5, 5.41) is 29.9. The zero-order chi connectivity index (χ0) is 25.5. The fraction of sp³-hybridized carbons (Fsp3) is 0.724. The summed E-state index contributed by atoms with van der Waals surface area (Å²) in [6.07, 6.45) is 12.3. The Morgan fingerprint density at radius 1 is 1.03 bits per heavy atom. The Morgan fingerprint density at radius 3 is 2.37 bits per heavy atom. The molecule has 4 atom stereocenters. The van der Waals surface area contributed by atoms with E-state index in [0.29, 0.717) is 30.1 Å². The molecule has 3 N–H and O–H groups in total. The van der Waals surface area contributed by atoms with E-state index in [1.807, 2.05) is 0 Å². The van der Waals surface area contributed by atoms with Crippen LogP contribution in [0.2, 0.25) is 0 Å². The Morgan fingerprint density at radius 2 is 1.69 bits per heavy atom. The molecule has 198 valence electrons. The second-order valence-electron chi connectivity index (χ2n) is 10.1. The third-order valence-corrected chi connectivity index (χ3v) is 7.72. The third-order valence-electron chi connectivity index (χ3n) is 7.72. The van der Waals surface area contributed by atoms with E-state index in [9.17, 15) is 19.8 Å². The summed E-state index contributed by atoms with van der Waals surface area (Å²) in [6, 6.07) is 8.70. The molecule has 35 heavy (non-hydrogen) atoms. The number of hydrogen-bond donors (Lipinski definition) is 3. The van der Waals surface area contributed by atoms with E-state index in [1.165, 1.54) is 38.5 Å². The van der Waals surface area contributed by atoms with Gasteiger partial charge >= 0.3 is 5.97 Å². The number of ketones is 1. The Balaban J connectivity index is 1.88. The highest BCUT2D eigenvalue weighted by Gasteiger charge is 2.47. The molecule has 0 aromatic heterocycles. The molecule has 0 aliphatic heterocycles. The minimum absolute atomic E-state index is 0.132. The van der Waals surface area contributed by atoms with Crippen LogP contribution in [-0.2, 0) is 19.7 Å². The smallest absolute Gasteiger partial charge is 0.319 e. The maximum atomic E-state index is 12.5. The van der Waals surface area contributed by atoms with E-state index in [4.69, 9.17) is 9.84 Å². The summed E-state index contributed by atoms with van der Waals surface area (Å²) in [5.41, 5.74) is -1.11. The molecule has 0 bridgehead atoms. The number of carbonyl (C=O) groups is 2. The van der Waals surface area contributed by atoms with Crippen molar-refractivity contribution < 1.29 is 29.6 Å². The van der Waals surface area contributed by atoms with Crippen LogP contribution in [0.15, 0.2) is 30.3 Å². The molecule has 1 aliphatic rings. The number of rotatable bonds is 19. The van der Waals surface area contributed by atoms with Gasteiger partial charge in [0, 0.05) is 12.3 Å². The normalized spacial score (nSPS) is 20.6. The maximum Gasteiger partial charge on any atom is 0.319 e. The molecule has 2 rings (SSSR count). The molecule has 6 heteroatoms. The molecule has 1 aliphatic carbocycles. The van der Waals surface area contributed by atoms with Crippen molar-refractivity contribution in [2.45, 2.75) is 109 Å². The summed E-state index contributed by atoms with van der Waals surface area (Å²) in [6.45, 7) is 1.80. The molecule has 1 fully saturated rings. The van der Waals surface area contributed by atoms with E-state index in [2.05, 4.69) is 6.92 Å². The van der Waals surface area contributed by atoms with Gasteiger partial charge in [-0.05, 0) is 37.2 Å². The van der Waals surface area contributed by atoms with Gasteiger partial charge in [-0.15, -0.1) is 0 Å². The predicted molar refractivity (Wildman–Crippen MR) is 137 cm³/mol. The van der Waals surface area contributed by atoms with Crippen LogP contribution in [0.1, 0.15) is 102 Å². The van der Waals surface area contributed by atoms with Gasteiger partial charge in [0.2, 0.25) is 0 Å². The van der Waals surface area contributed by atoms with Crippen molar-refractivity contribution in [1.29, 1.82) is 0 Å². The molecular formula is C29H46O6. The number of unbranched alkanes of at least 4 members (excludes halogenated alkanes) is 7. The summed E-state index contributed by atoms with van der Waals surface area (Å²) >= 11 is 0. The summed E-state index contributed by atoms with van der Waals surface area (Å²) in [7, 11) is 0. The molecule has 0 radical (unpaired) electrons. The number of aliphatic carboxylic acids is 1. The molecule has 0 heterocycles. The average molecular weight is 491 g/mol. The maximum absolute atomic E-state index is 12.5. The minimum Gasteiger partial charge on any atom is -0.480 e. The SMILES string of the molecule is CCCCCCCC[C@H]1CCC(=O)[C@@H]1CCCCCC(C(=O)O)(c1ccccc1)C(O)OCCO. The first kappa shape index (κ1) is 29.5. The lowest BCUT2D eigenvalue weighted by atomic mass is 9.75. The van der Waals surface area contributed by atoms with Crippen LogP contribution in [0, 0.1) is 11.8 Å². The fourth-order valence-electron chi connectivity index (χ4n) is 5.64. The van der Waals surface area contributed by atoms with Crippen LogP contribution < -0.4 is 0 Å². The number of ether oxygens (including phenoxy) is 1. The van der Waals surface area contributed by atoms with Crippen molar-refractivity contribution in [2.24, 2.45) is 11.8 Å². The van der Waals surface area contributed by atoms with Crippen LogP contribution in [-0.4, -0.2) is 46.6 Å². The van der Waals surface area contributed by atoms with Gasteiger partial charge in [-0.1, -0.05) is 95.0 Å². The number of hydrogen-bond acceptors (Lipinski definition) is 5. The van der Waals surface area contributed by atoms with Gasteiger partial charge < -0.3 is 20.1 Å². The van der Waals surface area contributed by atoms with Gasteiger partial charge in [-0.2, -0.15) is 0 Å². The van der Waals surface area contributed by atoms with Crippen molar-refractivity contribution in [3.05, 3.63) is 35.9 Å². The van der Waals surface area contributed by atoms with Crippen LogP contribution in [0.3, 0.4) is 0 Å². The van der Waals surface area contributed by atoms with Crippen LogP contribution >= 0.6 is 0 Å². The van der Waals surface area contributed by atoms with Gasteiger partial charge in [-0.25, -0.2) is 0 Å². The second kappa shape index (κ2) is 16.1. The molecular weight excluding hydrogens is 444 g/mol. The van der Waals surface area contributed by atoms with Crippen LogP contribution in [0.25, 0.3) is 0 Å². The standard InChI is InChI=1S/C29H46O6/c1-2-3-4-5-6-9-14-23-18-19-26(31)25(23)17-12-8-13-20-29(27(32)33,28(34)35-22-21-30)24-15-10-7-11-16-24/h7,10-11,15-16,23,25,28,30,34H,2-6,8-9,12-14,17-22H2,1H3,(H,32,33)/t23-,25+,28?,29?/m0/s1. The van der Waals surface area contributed by atoms with Gasteiger partial charge in [0.25, 0.3) is 0 Å². The van der Waals surface area contributed by atoms with Gasteiger partial charge in [0.05, 0.1) is 13.2 Å². The van der Waals surface area contributed by atoms with Gasteiger partial charge in [-0.3, -0.25) is 9.59 Å². The van der Waals surface area contributed by atoms with E-state index in [1.54, 1.807) is 30.3 Å². The van der Waals surface area contributed by atoms with Crippen molar-refractivity contribution >= 4 is 11.8 Å². The third kappa shape index (κ3) is 8.69. The molecule has 1 aromatic rings. The zero-order valence-corrected chi connectivity index (χ0v) is 21.5. The van der Waals surface area contributed by atoms with E-state index < -0.39 is 17.7 Å². The summed E-state index contributed by atoms with van der Waals surface area (Å²) in [4.78, 5) is 24.9. The number of benzene rings is 1. The van der Waals surface area contributed by atoms with Crippen molar-refractivity contribution in [3.8, 4) is 0 Å². The Labute approximate surface area is 211 Å². The lowest BCUT2D eigenvalue weighted by Gasteiger charge is -2.34.